The van der Waals surface area contributed by atoms with Crippen LogP contribution in [-0.4, -0.2) is 0 Å². The highest BCUT2D eigenvalue weighted by Crippen LogP contribution is 2.56. The minimum Gasteiger partial charge on any atom is -0.457 e. The van der Waals surface area contributed by atoms with Crippen LogP contribution >= 0.6 is 11.3 Å². The van der Waals surface area contributed by atoms with Gasteiger partial charge in [-0.3, -0.25) is 0 Å². The molecule has 0 unspecified atom stereocenters. The Balaban J connectivity index is 1.17. The van der Waals surface area contributed by atoms with E-state index in [0.29, 0.717) is 0 Å². The molecule has 9 aromatic rings. The molecule has 0 N–H and O–H groups in total. The number of hydrogen-bond acceptors (Lipinski definition) is 2. The molecule has 0 atom stereocenters. The summed E-state index contributed by atoms with van der Waals surface area (Å²) in [6.45, 7) is 0. The maximum atomic E-state index is 6.86. The van der Waals surface area contributed by atoms with Gasteiger partial charge in [-0.25, -0.2) is 0 Å². The van der Waals surface area contributed by atoms with Crippen molar-refractivity contribution < 1.29 is 4.74 Å². The molecule has 0 bridgehead atoms. The molecule has 10 rings (SSSR count). The van der Waals surface area contributed by atoms with E-state index >= 15 is 0 Å². The van der Waals surface area contributed by atoms with E-state index < -0.39 is 0 Å². The van der Waals surface area contributed by atoms with Crippen LogP contribution in [0.15, 0.2) is 170 Å². The van der Waals surface area contributed by atoms with Crippen molar-refractivity contribution in [2.45, 2.75) is 18.3 Å². The maximum absolute atomic E-state index is 6.86. The monoisotopic (exact) mass is 644 g/mol. The van der Waals surface area contributed by atoms with E-state index in [4.69, 9.17) is 4.74 Å². The van der Waals surface area contributed by atoms with Crippen molar-refractivity contribution in [1.82, 2.24) is 0 Å². The lowest BCUT2D eigenvalue weighted by molar-refractivity contribution is 0.391. The topological polar surface area (TPSA) is 9.23 Å². The Bertz CT molecular complexity index is 2600. The van der Waals surface area contributed by atoms with E-state index in [9.17, 15) is 0 Å². The first-order valence-electron chi connectivity index (χ1n) is 17.0. The van der Waals surface area contributed by atoms with E-state index in [-0.39, 0.29) is 5.41 Å². The molecule has 8 aromatic carbocycles. The minimum atomic E-state index is -0.385. The van der Waals surface area contributed by atoms with E-state index in [2.05, 4.69) is 170 Å². The van der Waals surface area contributed by atoms with Gasteiger partial charge in [0.1, 0.15) is 11.5 Å². The smallest absolute Gasteiger partial charge is 0.132 e. The zero-order chi connectivity index (χ0) is 32.4. The molecule has 49 heavy (non-hydrogen) atoms. The van der Waals surface area contributed by atoms with Gasteiger partial charge < -0.3 is 4.74 Å². The Morgan fingerprint density at radius 2 is 0.939 bits per heavy atom. The first kappa shape index (κ1) is 28.3. The van der Waals surface area contributed by atoms with Crippen molar-refractivity contribution >= 4 is 53.1 Å². The van der Waals surface area contributed by atoms with Gasteiger partial charge in [0.15, 0.2) is 0 Å². The molecule has 0 fully saturated rings. The van der Waals surface area contributed by atoms with Crippen molar-refractivity contribution in [3.63, 3.8) is 0 Å². The summed E-state index contributed by atoms with van der Waals surface area (Å²) >= 11 is 1.87. The van der Waals surface area contributed by atoms with Gasteiger partial charge in [0.2, 0.25) is 0 Å². The predicted molar refractivity (Wildman–Crippen MR) is 207 cm³/mol. The summed E-state index contributed by atoms with van der Waals surface area (Å²) in [4.78, 5) is 0. The summed E-state index contributed by atoms with van der Waals surface area (Å²) in [5.74, 6) is 1.90. The fourth-order valence-electron chi connectivity index (χ4n) is 8.33. The molecular formula is C47H32OS. The van der Waals surface area contributed by atoms with Crippen LogP contribution in [0.4, 0.5) is 0 Å². The lowest BCUT2D eigenvalue weighted by atomic mass is 9.63. The number of rotatable bonds is 5. The quantitative estimate of drug-likeness (QED) is 0.181. The standard InChI is InChI=1S/C47H32OS/c1-2-10-31(11-3-1)29-47(30-32-18-20-33(21-19-32)36-22-25-40-39-16-8-9-17-43(39)49-44(40)28-36)45-37-14-6-4-12-34(37)23-26-41(45)48-42-27-24-35-13-5-7-15-38(35)46(42)47/h1-28H,29-30H2. The molecule has 0 saturated carbocycles. The maximum Gasteiger partial charge on any atom is 0.132 e. The van der Waals surface area contributed by atoms with Gasteiger partial charge >= 0.3 is 0 Å². The van der Waals surface area contributed by atoms with Crippen molar-refractivity contribution in [2.24, 2.45) is 0 Å². The Morgan fingerprint density at radius 1 is 0.408 bits per heavy atom. The zero-order valence-electron chi connectivity index (χ0n) is 26.9. The fourth-order valence-corrected chi connectivity index (χ4v) is 9.48. The van der Waals surface area contributed by atoms with Gasteiger partial charge in [0.05, 0.1) is 0 Å². The molecule has 1 aliphatic rings. The Hall–Kier alpha value is -5.70. The van der Waals surface area contributed by atoms with Gasteiger partial charge in [-0.1, -0.05) is 146 Å². The number of benzene rings is 8. The summed E-state index contributed by atoms with van der Waals surface area (Å²) < 4.78 is 9.53. The first-order chi connectivity index (χ1) is 24.2. The summed E-state index contributed by atoms with van der Waals surface area (Å²) in [5.41, 5.74) is 7.28. The number of fused-ring (bicyclic) bond motifs is 9. The van der Waals surface area contributed by atoms with E-state index in [1.165, 1.54) is 75.1 Å². The van der Waals surface area contributed by atoms with Gasteiger partial charge in [-0.2, -0.15) is 0 Å². The highest BCUT2D eigenvalue weighted by molar-refractivity contribution is 7.25. The van der Waals surface area contributed by atoms with E-state index in [1.807, 2.05) is 11.3 Å². The van der Waals surface area contributed by atoms with Crippen LogP contribution in [0.5, 0.6) is 11.5 Å². The summed E-state index contributed by atoms with van der Waals surface area (Å²) in [7, 11) is 0. The third-order valence-corrected chi connectivity index (χ3v) is 11.6. The molecule has 0 spiro atoms. The molecule has 1 aliphatic heterocycles. The van der Waals surface area contributed by atoms with Crippen LogP contribution < -0.4 is 4.74 Å². The fraction of sp³-hybridized carbons (Fsp3) is 0.0638. The van der Waals surface area contributed by atoms with Crippen LogP contribution in [0.3, 0.4) is 0 Å². The molecule has 1 aromatic heterocycles. The summed E-state index contributed by atoms with van der Waals surface area (Å²) in [6.07, 6.45) is 1.69. The second-order valence-electron chi connectivity index (χ2n) is 13.3. The van der Waals surface area contributed by atoms with Gasteiger partial charge in [0.25, 0.3) is 0 Å². The van der Waals surface area contributed by atoms with Crippen molar-refractivity contribution in [1.29, 1.82) is 0 Å². The molecule has 232 valence electrons. The molecule has 1 nitrogen and oxygen atoms in total. The average molecular weight is 645 g/mol. The Kier molecular flexibility index (Phi) is 6.47. The number of hydrogen-bond donors (Lipinski definition) is 0. The van der Waals surface area contributed by atoms with Gasteiger partial charge in [-0.15, -0.1) is 11.3 Å². The second kappa shape index (κ2) is 11.2. The SMILES string of the molecule is c1ccc(CC2(Cc3ccc(-c4ccc5c(c4)sc4ccccc45)cc3)c3c(ccc4ccccc34)Oc3ccc4ccccc4c32)cc1. The molecule has 0 aliphatic carbocycles. The summed E-state index contributed by atoms with van der Waals surface area (Å²) in [6, 6.07) is 62.3. The third-order valence-electron chi connectivity index (χ3n) is 10.5. The molecular weight excluding hydrogens is 613 g/mol. The van der Waals surface area contributed by atoms with Crippen molar-refractivity contribution in [3.05, 3.63) is 192 Å². The molecule has 0 radical (unpaired) electrons. The van der Waals surface area contributed by atoms with E-state index in [0.717, 1.165) is 24.3 Å². The van der Waals surface area contributed by atoms with Crippen LogP contribution in [0.25, 0.3) is 52.8 Å². The van der Waals surface area contributed by atoms with Crippen molar-refractivity contribution in [2.75, 3.05) is 0 Å². The first-order valence-corrected chi connectivity index (χ1v) is 17.8. The van der Waals surface area contributed by atoms with Crippen LogP contribution in [-0.2, 0) is 18.3 Å². The average Bonchev–Trinajstić information content (AvgIpc) is 3.53. The van der Waals surface area contributed by atoms with Gasteiger partial charge in [0, 0.05) is 36.7 Å². The van der Waals surface area contributed by atoms with Gasteiger partial charge in [-0.05, 0) is 80.9 Å². The Labute approximate surface area is 289 Å². The largest absolute Gasteiger partial charge is 0.457 e. The predicted octanol–water partition coefficient (Wildman–Crippen LogP) is 12.9. The third kappa shape index (κ3) is 4.59. The molecule has 2 heterocycles. The second-order valence-corrected chi connectivity index (χ2v) is 14.4. The van der Waals surface area contributed by atoms with E-state index in [1.54, 1.807) is 0 Å². The molecule has 0 saturated heterocycles. The normalized spacial score (nSPS) is 13.4. The minimum absolute atomic E-state index is 0.385. The Morgan fingerprint density at radius 3 is 1.61 bits per heavy atom. The highest BCUT2D eigenvalue weighted by atomic mass is 32.1. The van der Waals surface area contributed by atoms with Crippen LogP contribution in [0.1, 0.15) is 22.3 Å². The van der Waals surface area contributed by atoms with Crippen LogP contribution in [0.2, 0.25) is 0 Å². The number of thiophene rings is 1. The lowest BCUT2D eigenvalue weighted by Crippen LogP contribution is -2.37. The lowest BCUT2D eigenvalue weighted by Gasteiger charge is -2.42. The van der Waals surface area contributed by atoms with Crippen LogP contribution in [0, 0.1) is 0 Å². The summed E-state index contributed by atoms with van der Waals surface area (Å²) in [5, 5.41) is 7.65. The number of ether oxygens (including phenoxy) is 1. The molecule has 0 amide bonds. The highest BCUT2D eigenvalue weighted by Gasteiger charge is 2.44. The molecule has 2 heteroatoms. The van der Waals surface area contributed by atoms with Crippen molar-refractivity contribution in [3.8, 4) is 22.6 Å². The zero-order valence-corrected chi connectivity index (χ0v) is 27.7.